The van der Waals surface area contributed by atoms with E-state index < -0.39 is 6.61 Å². The highest BCUT2D eigenvalue weighted by molar-refractivity contribution is 5.79. The summed E-state index contributed by atoms with van der Waals surface area (Å²) in [5.41, 5.74) is 2.46. The number of hydrogen-bond donors (Lipinski definition) is 1. The zero-order valence-electron chi connectivity index (χ0n) is 17.3. The molecule has 5 heteroatoms. The van der Waals surface area contributed by atoms with Crippen molar-refractivity contribution in [1.82, 2.24) is 9.80 Å². The Bertz CT molecular complexity index is 855. The second kappa shape index (κ2) is 9.43. The lowest BCUT2D eigenvalue weighted by Gasteiger charge is -2.30. The molecule has 2 fully saturated rings. The molecule has 0 saturated carbocycles. The molecule has 158 valence electrons. The number of rotatable bonds is 7. The summed E-state index contributed by atoms with van der Waals surface area (Å²) in [6.45, 7) is 1.49. The topological polar surface area (TPSA) is 60.9 Å². The van der Waals surface area contributed by atoms with Crippen LogP contribution in [0.25, 0.3) is 0 Å². The lowest BCUT2D eigenvalue weighted by molar-refractivity contribution is -0.134. The zero-order chi connectivity index (χ0) is 20.9. The van der Waals surface area contributed by atoms with Crippen molar-refractivity contribution in [2.24, 2.45) is 11.8 Å². The molecule has 0 aliphatic carbocycles. The number of aliphatic hydroxyl groups excluding tert-OH is 1. The fraction of sp³-hybridized carbons (Fsp3) is 0.440. The van der Waals surface area contributed by atoms with E-state index in [2.05, 4.69) is 36.4 Å². The molecule has 3 atom stereocenters. The average Bonchev–Trinajstić information content (AvgIpc) is 3.35. The van der Waals surface area contributed by atoms with Gasteiger partial charge in [-0.2, -0.15) is 0 Å². The fourth-order valence-electron chi connectivity index (χ4n) is 5.08. The van der Waals surface area contributed by atoms with E-state index >= 15 is 0 Å². The van der Waals surface area contributed by atoms with Crippen molar-refractivity contribution in [1.29, 1.82) is 0 Å². The molecule has 0 bridgehead atoms. The third kappa shape index (κ3) is 4.41. The van der Waals surface area contributed by atoms with Gasteiger partial charge in [-0.15, -0.1) is 0 Å². The number of unbranched alkanes of at least 4 members (excludes halogenated alkanes) is 1. The summed E-state index contributed by atoms with van der Waals surface area (Å²) < 4.78 is 0. The highest BCUT2D eigenvalue weighted by Crippen LogP contribution is 2.45. The molecule has 5 nitrogen and oxygen atoms in total. The average molecular weight is 407 g/mol. The van der Waals surface area contributed by atoms with Crippen molar-refractivity contribution in [3.8, 4) is 0 Å². The minimum Gasteiger partial charge on any atom is -0.387 e. The van der Waals surface area contributed by atoms with E-state index in [1.807, 2.05) is 29.2 Å². The second-order valence-electron chi connectivity index (χ2n) is 8.48. The molecule has 2 heterocycles. The first-order chi connectivity index (χ1) is 14.7. The predicted molar refractivity (Wildman–Crippen MR) is 116 cm³/mol. The van der Waals surface area contributed by atoms with Gasteiger partial charge in [-0.3, -0.25) is 9.59 Å². The van der Waals surface area contributed by atoms with E-state index in [1.54, 1.807) is 4.90 Å². The molecule has 2 saturated heterocycles. The lowest BCUT2D eigenvalue weighted by Crippen LogP contribution is -2.38. The monoisotopic (exact) mass is 406 g/mol. The van der Waals surface area contributed by atoms with Gasteiger partial charge in [-0.05, 0) is 30.4 Å². The van der Waals surface area contributed by atoms with E-state index in [9.17, 15) is 14.7 Å². The summed E-state index contributed by atoms with van der Waals surface area (Å²) in [6, 6.07) is 20.6. The highest BCUT2D eigenvalue weighted by atomic mass is 16.3. The first-order valence-corrected chi connectivity index (χ1v) is 10.9. The van der Waals surface area contributed by atoms with Crippen LogP contribution in [-0.4, -0.2) is 53.0 Å². The van der Waals surface area contributed by atoms with Crippen molar-refractivity contribution in [2.45, 2.75) is 31.7 Å². The molecule has 30 heavy (non-hydrogen) atoms. The first kappa shape index (κ1) is 20.6. The summed E-state index contributed by atoms with van der Waals surface area (Å²) in [7, 11) is 0. The quantitative estimate of drug-likeness (QED) is 0.719. The first-order valence-electron chi connectivity index (χ1n) is 10.9. The zero-order valence-corrected chi connectivity index (χ0v) is 17.3. The van der Waals surface area contributed by atoms with Crippen LogP contribution in [0.1, 0.15) is 36.4 Å². The van der Waals surface area contributed by atoms with E-state index in [0.717, 1.165) is 24.8 Å². The second-order valence-corrected chi connectivity index (χ2v) is 8.48. The van der Waals surface area contributed by atoms with Crippen molar-refractivity contribution in [2.75, 3.05) is 26.2 Å². The summed E-state index contributed by atoms with van der Waals surface area (Å²) in [5.74, 6) is 0.511. The lowest BCUT2D eigenvalue weighted by atomic mass is 9.89. The molecule has 0 spiro atoms. The molecule has 0 radical (unpaired) electrons. The maximum atomic E-state index is 13.1. The molecule has 2 aromatic rings. The van der Waals surface area contributed by atoms with Crippen LogP contribution < -0.4 is 0 Å². The summed E-state index contributed by atoms with van der Waals surface area (Å²) in [4.78, 5) is 28.9. The van der Waals surface area contributed by atoms with Gasteiger partial charge in [0.2, 0.25) is 11.8 Å². The molecule has 2 amide bonds. The number of aliphatic hydroxyl groups is 1. The maximum Gasteiger partial charge on any atom is 0.248 e. The molecule has 0 unspecified atom stereocenters. The predicted octanol–water partition coefficient (Wildman–Crippen LogP) is 3.05. The number of likely N-dealkylation sites (tertiary alicyclic amines) is 2. The van der Waals surface area contributed by atoms with Gasteiger partial charge in [-0.25, -0.2) is 0 Å². The van der Waals surface area contributed by atoms with Crippen LogP contribution in [0.15, 0.2) is 60.7 Å². The third-order valence-electron chi connectivity index (χ3n) is 6.56. The normalized spacial score (nSPS) is 22.9. The van der Waals surface area contributed by atoms with Gasteiger partial charge in [0, 0.05) is 37.9 Å². The number of aryl methyl sites for hydroxylation is 1. The number of fused-ring (bicyclic) bond motifs is 1. The van der Waals surface area contributed by atoms with Gasteiger partial charge in [-0.1, -0.05) is 60.7 Å². The maximum absolute atomic E-state index is 13.1. The van der Waals surface area contributed by atoms with Crippen molar-refractivity contribution < 1.29 is 14.7 Å². The number of nitrogens with zero attached hydrogens (tertiary/aromatic N) is 2. The Morgan fingerprint density at radius 2 is 1.57 bits per heavy atom. The smallest absolute Gasteiger partial charge is 0.248 e. The standard InChI is InChI=1S/C25H30N2O3/c28-18-24(30)26-15-21-16-27(25(22(21)17-26)20-12-5-2-6-13-20)23(29)14-8-7-11-19-9-3-1-4-10-19/h1-6,9-10,12-13,21-22,25,28H,7-8,11,14-18H2/t21-,22-,25+/m0/s1. The Morgan fingerprint density at radius 1 is 0.867 bits per heavy atom. The Balaban J connectivity index is 1.40. The molecule has 2 aliphatic heterocycles. The number of benzene rings is 2. The molecular weight excluding hydrogens is 376 g/mol. The van der Waals surface area contributed by atoms with Gasteiger partial charge in [0.25, 0.3) is 0 Å². The van der Waals surface area contributed by atoms with Crippen LogP contribution in [-0.2, 0) is 16.0 Å². The molecular formula is C25H30N2O3. The van der Waals surface area contributed by atoms with Gasteiger partial charge < -0.3 is 14.9 Å². The SMILES string of the molecule is O=C(CO)N1C[C@H]2CN(C(=O)CCCCc3ccccc3)[C@H](c3ccccc3)[C@H]2C1. The van der Waals surface area contributed by atoms with Gasteiger partial charge in [0.15, 0.2) is 0 Å². The number of amides is 2. The van der Waals surface area contributed by atoms with Crippen molar-refractivity contribution >= 4 is 11.8 Å². The van der Waals surface area contributed by atoms with Crippen LogP contribution in [0.3, 0.4) is 0 Å². The fourth-order valence-corrected chi connectivity index (χ4v) is 5.08. The van der Waals surface area contributed by atoms with E-state index in [4.69, 9.17) is 0 Å². The number of carbonyl (C=O) groups is 2. The van der Waals surface area contributed by atoms with Crippen molar-refractivity contribution in [3.63, 3.8) is 0 Å². The molecule has 2 aliphatic rings. The Labute approximate surface area is 178 Å². The molecule has 0 aromatic heterocycles. The number of hydrogen-bond acceptors (Lipinski definition) is 3. The Hall–Kier alpha value is -2.66. The van der Waals surface area contributed by atoms with E-state index in [0.29, 0.717) is 26.1 Å². The minimum atomic E-state index is -0.445. The third-order valence-corrected chi connectivity index (χ3v) is 6.56. The van der Waals surface area contributed by atoms with Crippen LogP contribution in [0, 0.1) is 11.8 Å². The molecule has 1 N–H and O–H groups in total. The Kier molecular flexibility index (Phi) is 6.48. The van der Waals surface area contributed by atoms with Crippen LogP contribution in [0.5, 0.6) is 0 Å². The van der Waals surface area contributed by atoms with Crippen molar-refractivity contribution in [3.05, 3.63) is 71.8 Å². The molecule has 4 rings (SSSR count). The molecule has 2 aromatic carbocycles. The van der Waals surface area contributed by atoms with Crippen LogP contribution >= 0.6 is 0 Å². The van der Waals surface area contributed by atoms with Crippen LogP contribution in [0.4, 0.5) is 0 Å². The summed E-state index contributed by atoms with van der Waals surface area (Å²) in [5, 5.41) is 9.23. The van der Waals surface area contributed by atoms with E-state index in [1.165, 1.54) is 5.56 Å². The minimum absolute atomic E-state index is 0.00863. The highest BCUT2D eigenvalue weighted by Gasteiger charge is 2.49. The summed E-state index contributed by atoms with van der Waals surface area (Å²) in [6.07, 6.45) is 3.45. The van der Waals surface area contributed by atoms with Gasteiger partial charge in [0.05, 0.1) is 6.04 Å². The van der Waals surface area contributed by atoms with Gasteiger partial charge in [0.1, 0.15) is 6.61 Å². The Morgan fingerprint density at radius 3 is 2.27 bits per heavy atom. The van der Waals surface area contributed by atoms with Crippen LogP contribution in [0.2, 0.25) is 0 Å². The van der Waals surface area contributed by atoms with Gasteiger partial charge >= 0.3 is 0 Å². The largest absolute Gasteiger partial charge is 0.387 e. The number of carbonyl (C=O) groups excluding carboxylic acids is 2. The summed E-state index contributed by atoms with van der Waals surface area (Å²) >= 11 is 0. The van der Waals surface area contributed by atoms with E-state index in [-0.39, 0.29) is 29.7 Å².